The van der Waals surface area contributed by atoms with E-state index in [0.29, 0.717) is 13.2 Å². The minimum atomic E-state index is -0.452. The Kier molecular flexibility index (Phi) is 8.26. The SMILES string of the molecule is CCCCCCNCC(O)COc1cccc(C)c1. The Morgan fingerprint density at radius 2 is 2.11 bits per heavy atom. The van der Waals surface area contributed by atoms with E-state index < -0.39 is 6.10 Å². The second-order valence-electron chi connectivity index (χ2n) is 5.05. The molecule has 0 spiro atoms. The molecule has 0 saturated heterocycles. The van der Waals surface area contributed by atoms with E-state index in [1.807, 2.05) is 31.2 Å². The number of rotatable bonds is 10. The zero-order valence-electron chi connectivity index (χ0n) is 12.2. The first-order chi connectivity index (χ1) is 9.22. The molecule has 0 saturated carbocycles. The monoisotopic (exact) mass is 265 g/mol. The van der Waals surface area contributed by atoms with Crippen LogP contribution in [0.15, 0.2) is 24.3 Å². The highest BCUT2D eigenvalue weighted by atomic mass is 16.5. The van der Waals surface area contributed by atoms with Crippen molar-refractivity contribution in [2.75, 3.05) is 19.7 Å². The molecular formula is C16H27NO2. The van der Waals surface area contributed by atoms with Crippen LogP contribution in [0.25, 0.3) is 0 Å². The van der Waals surface area contributed by atoms with E-state index in [0.717, 1.165) is 12.3 Å². The molecule has 0 fully saturated rings. The van der Waals surface area contributed by atoms with Gasteiger partial charge in [-0.1, -0.05) is 38.3 Å². The van der Waals surface area contributed by atoms with Gasteiger partial charge < -0.3 is 15.2 Å². The predicted molar refractivity (Wildman–Crippen MR) is 79.7 cm³/mol. The standard InChI is InChI=1S/C16H27NO2/c1-3-4-5-6-10-17-12-15(18)13-19-16-9-7-8-14(2)11-16/h7-9,11,15,17-18H,3-6,10,12-13H2,1-2H3. The van der Waals surface area contributed by atoms with Gasteiger partial charge in [0.05, 0.1) is 0 Å². The molecule has 19 heavy (non-hydrogen) atoms. The van der Waals surface area contributed by atoms with Crippen molar-refractivity contribution in [1.29, 1.82) is 0 Å². The first kappa shape index (κ1) is 16.0. The first-order valence-electron chi connectivity index (χ1n) is 7.30. The van der Waals surface area contributed by atoms with Crippen LogP contribution < -0.4 is 10.1 Å². The first-order valence-corrected chi connectivity index (χ1v) is 7.30. The predicted octanol–water partition coefficient (Wildman–Crippen LogP) is 2.90. The zero-order chi connectivity index (χ0) is 13.9. The Hall–Kier alpha value is -1.06. The van der Waals surface area contributed by atoms with Gasteiger partial charge >= 0.3 is 0 Å². The number of nitrogens with one attached hydrogen (secondary N) is 1. The summed E-state index contributed by atoms with van der Waals surface area (Å²) in [5.74, 6) is 0.821. The summed E-state index contributed by atoms with van der Waals surface area (Å²) in [6.07, 6.45) is 4.54. The molecule has 0 aliphatic carbocycles. The Morgan fingerprint density at radius 3 is 2.84 bits per heavy atom. The van der Waals surface area contributed by atoms with E-state index in [2.05, 4.69) is 12.2 Å². The molecule has 1 rings (SSSR count). The summed E-state index contributed by atoms with van der Waals surface area (Å²) in [6, 6.07) is 7.88. The summed E-state index contributed by atoms with van der Waals surface area (Å²) < 4.78 is 5.55. The van der Waals surface area contributed by atoms with Crippen LogP contribution >= 0.6 is 0 Å². The summed E-state index contributed by atoms with van der Waals surface area (Å²) in [6.45, 7) is 6.14. The fourth-order valence-corrected chi connectivity index (χ4v) is 1.90. The summed E-state index contributed by atoms with van der Waals surface area (Å²) >= 11 is 0. The maximum atomic E-state index is 9.79. The molecule has 1 aromatic carbocycles. The van der Waals surface area contributed by atoms with Gasteiger partial charge in [-0.25, -0.2) is 0 Å². The second kappa shape index (κ2) is 9.82. The number of aliphatic hydroxyl groups excluding tert-OH is 1. The van der Waals surface area contributed by atoms with Crippen molar-refractivity contribution in [3.05, 3.63) is 29.8 Å². The van der Waals surface area contributed by atoms with Crippen LogP contribution in [0.5, 0.6) is 5.75 Å². The van der Waals surface area contributed by atoms with Crippen LogP contribution in [-0.4, -0.2) is 30.9 Å². The van der Waals surface area contributed by atoms with Crippen LogP contribution in [0, 0.1) is 6.92 Å². The molecule has 2 N–H and O–H groups in total. The van der Waals surface area contributed by atoms with Crippen molar-refractivity contribution in [3.8, 4) is 5.75 Å². The molecule has 3 heteroatoms. The quantitative estimate of drug-likeness (QED) is 0.639. The van der Waals surface area contributed by atoms with E-state index in [9.17, 15) is 5.11 Å². The number of hydrogen-bond donors (Lipinski definition) is 2. The molecule has 0 radical (unpaired) electrons. The number of aryl methyl sites for hydroxylation is 1. The van der Waals surface area contributed by atoms with Gasteiger partial charge in [0.15, 0.2) is 0 Å². The Bertz CT molecular complexity index is 341. The van der Waals surface area contributed by atoms with E-state index >= 15 is 0 Å². The van der Waals surface area contributed by atoms with Crippen LogP contribution in [0.2, 0.25) is 0 Å². The highest BCUT2D eigenvalue weighted by molar-refractivity contribution is 5.27. The van der Waals surface area contributed by atoms with Crippen molar-refractivity contribution < 1.29 is 9.84 Å². The van der Waals surface area contributed by atoms with Crippen molar-refractivity contribution in [3.63, 3.8) is 0 Å². The normalized spacial score (nSPS) is 12.4. The number of aliphatic hydroxyl groups is 1. The third-order valence-corrected chi connectivity index (χ3v) is 3.02. The number of ether oxygens (including phenoxy) is 1. The highest BCUT2D eigenvalue weighted by Crippen LogP contribution is 2.12. The van der Waals surface area contributed by atoms with E-state index in [4.69, 9.17) is 4.74 Å². The third-order valence-electron chi connectivity index (χ3n) is 3.02. The minimum absolute atomic E-state index is 0.339. The summed E-state index contributed by atoms with van der Waals surface area (Å²) in [5, 5.41) is 13.1. The number of unbranched alkanes of at least 4 members (excludes halogenated alkanes) is 3. The minimum Gasteiger partial charge on any atom is -0.491 e. The summed E-state index contributed by atoms with van der Waals surface area (Å²) in [7, 11) is 0. The van der Waals surface area contributed by atoms with Crippen LogP contribution in [-0.2, 0) is 0 Å². The van der Waals surface area contributed by atoms with Gasteiger partial charge in [0.25, 0.3) is 0 Å². The zero-order valence-corrected chi connectivity index (χ0v) is 12.2. The molecule has 0 heterocycles. The largest absolute Gasteiger partial charge is 0.491 e. The maximum Gasteiger partial charge on any atom is 0.119 e. The average molecular weight is 265 g/mol. The molecule has 108 valence electrons. The van der Waals surface area contributed by atoms with E-state index in [-0.39, 0.29) is 0 Å². The Balaban J connectivity index is 2.06. The molecule has 0 bridgehead atoms. The van der Waals surface area contributed by atoms with Gasteiger partial charge in [-0.2, -0.15) is 0 Å². The molecule has 1 atom stereocenters. The topological polar surface area (TPSA) is 41.5 Å². The van der Waals surface area contributed by atoms with Crippen LogP contribution in [0.1, 0.15) is 38.2 Å². The van der Waals surface area contributed by atoms with Crippen LogP contribution in [0.3, 0.4) is 0 Å². The van der Waals surface area contributed by atoms with E-state index in [1.54, 1.807) is 0 Å². The fourth-order valence-electron chi connectivity index (χ4n) is 1.90. The lowest BCUT2D eigenvalue weighted by molar-refractivity contribution is 0.106. The summed E-state index contributed by atoms with van der Waals surface area (Å²) in [5.41, 5.74) is 1.17. The van der Waals surface area contributed by atoms with Gasteiger partial charge in [0.1, 0.15) is 18.5 Å². The number of benzene rings is 1. The van der Waals surface area contributed by atoms with Gasteiger partial charge in [-0.3, -0.25) is 0 Å². The summed E-state index contributed by atoms with van der Waals surface area (Å²) in [4.78, 5) is 0. The van der Waals surface area contributed by atoms with Gasteiger partial charge in [0.2, 0.25) is 0 Å². The third kappa shape index (κ3) is 7.85. The molecule has 1 aromatic rings. The highest BCUT2D eigenvalue weighted by Gasteiger charge is 2.04. The Labute approximate surface area is 117 Å². The van der Waals surface area contributed by atoms with Gasteiger partial charge in [-0.15, -0.1) is 0 Å². The van der Waals surface area contributed by atoms with Crippen molar-refractivity contribution in [2.45, 2.75) is 45.6 Å². The fraction of sp³-hybridized carbons (Fsp3) is 0.625. The molecule has 1 unspecified atom stereocenters. The smallest absolute Gasteiger partial charge is 0.119 e. The lowest BCUT2D eigenvalue weighted by atomic mass is 10.2. The second-order valence-corrected chi connectivity index (χ2v) is 5.05. The maximum absolute atomic E-state index is 9.79. The molecular weight excluding hydrogens is 238 g/mol. The molecule has 0 amide bonds. The van der Waals surface area contributed by atoms with E-state index in [1.165, 1.54) is 31.2 Å². The number of hydrogen-bond acceptors (Lipinski definition) is 3. The lowest BCUT2D eigenvalue weighted by Crippen LogP contribution is -2.32. The molecule has 0 aliphatic rings. The Morgan fingerprint density at radius 1 is 1.26 bits per heavy atom. The molecule has 3 nitrogen and oxygen atoms in total. The lowest BCUT2D eigenvalue weighted by Gasteiger charge is -2.13. The van der Waals surface area contributed by atoms with Crippen molar-refractivity contribution in [1.82, 2.24) is 5.32 Å². The van der Waals surface area contributed by atoms with Gasteiger partial charge in [0, 0.05) is 6.54 Å². The van der Waals surface area contributed by atoms with Gasteiger partial charge in [-0.05, 0) is 37.6 Å². The molecule has 0 aliphatic heterocycles. The van der Waals surface area contributed by atoms with Crippen molar-refractivity contribution in [2.24, 2.45) is 0 Å². The average Bonchev–Trinajstić information content (AvgIpc) is 2.40. The molecule has 0 aromatic heterocycles. The van der Waals surface area contributed by atoms with Crippen LogP contribution in [0.4, 0.5) is 0 Å². The van der Waals surface area contributed by atoms with Crippen molar-refractivity contribution >= 4 is 0 Å².